The van der Waals surface area contributed by atoms with Crippen LogP contribution in [0.25, 0.3) is 0 Å². The van der Waals surface area contributed by atoms with Crippen LogP contribution in [0, 0.1) is 0 Å². The van der Waals surface area contributed by atoms with Crippen molar-refractivity contribution in [2.24, 2.45) is 5.73 Å². The molecule has 1 aromatic heterocycles. The molecule has 1 amide bonds. The van der Waals surface area contributed by atoms with Gasteiger partial charge in [-0.05, 0) is 12.1 Å². The summed E-state index contributed by atoms with van der Waals surface area (Å²) >= 11 is 0. The molecule has 2 heterocycles. The lowest BCUT2D eigenvalue weighted by Crippen LogP contribution is -2.39. The molecule has 1 aliphatic rings. The maximum atomic E-state index is 10.8. The first-order chi connectivity index (χ1) is 6.77. The lowest BCUT2D eigenvalue weighted by Gasteiger charge is -2.09. The Hall–Kier alpha value is -1.46. The molecule has 74 valence electrons. The molecule has 0 bridgehead atoms. The molecule has 5 nitrogen and oxygen atoms in total. The second-order valence-corrected chi connectivity index (χ2v) is 3.09. The minimum Gasteiger partial charge on any atom is -0.368 e. The Morgan fingerprint density at radius 2 is 2.50 bits per heavy atom. The molecule has 5 heteroatoms. The van der Waals surface area contributed by atoms with Crippen molar-refractivity contribution in [3.63, 3.8) is 0 Å². The number of nitrogens with two attached hydrogens (primary N) is 1. The predicted octanol–water partition coefficient (Wildman–Crippen LogP) is -0.446. The summed E-state index contributed by atoms with van der Waals surface area (Å²) in [6.07, 6.45) is 1.35. The molecule has 0 radical (unpaired) electrons. The highest BCUT2D eigenvalue weighted by Gasteiger charge is 2.29. The van der Waals surface area contributed by atoms with Crippen LogP contribution < -0.4 is 11.1 Å². The molecule has 1 aliphatic heterocycles. The highest BCUT2D eigenvalue weighted by atomic mass is 16.5. The van der Waals surface area contributed by atoms with Gasteiger partial charge in [0.25, 0.3) is 0 Å². The fourth-order valence-electron chi connectivity index (χ4n) is 1.34. The van der Waals surface area contributed by atoms with E-state index in [0.29, 0.717) is 6.61 Å². The van der Waals surface area contributed by atoms with E-state index in [1.54, 1.807) is 6.20 Å². The largest absolute Gasteiger partial charge is 0.368 e. The first-order valence-electron chi connectivity index (χ1n) is 4.35. The lowest BCUT2D eigenvalue weighted by molar-refractivity contribution is -0.119. The number of carbonyl (C=O) groups is 1. The SMILES string of the molecule is NC(=O)C1COC(c2ccccn2)N1. The van der Waals surface area contributed by atoms with E-state index < -0.39 is 11.9 Å². The van der Waals surface area contributed by atoms with E-state index in [-0.39, 0.29) is 6.23 Å². The summed E-state index contributed by atoms with van der Waals surface area (Å²) in [6.45, 7) is 0.302. The van der Waals surface area contributed by atoms with Gasteiger partial charge in [0.15, 0.2) is 6.23 Å². The van der Waals surface area contributed by atoms with Gasteiger partial charge in [0.05, 0.1) is 12.3 Å². The van der Waals surface area contributed by atoms with Gasteiger partial charge in [-0.1, -0.05) is 6.07 Å². The van der Waals surface area contributed by atoms with Gasteiger partial charge in [0.2, 0.25) is 5.91 Å². The molecule has 2 rings (SSSR count). The second-order valence-electron chi connectivity index (χ2n) is 3.09. The van der Waals surface area contributed by atoms with Gasteiger partial charge >= 0.3 is 0 Å². The van der Waals surface area contributed by atoms with Crippen LogP contribution in [0.4, 0.5) is 0 Å². The van der Waals surface area contributed by atoms with Gasteiger partial charge < -0.3 is 10.5 Å². The van der Waals surface area contributed by atoms with Crippen LogP contribution in [-0.4, -0.2) is 23.5 Å². The summed E-state index contributed by atoms with van der Waals surface area (Å²) in [5.41, 5.74) is 5.90. The average molecular weight is 193 g/mol. The molecule has 2 unspecified atom stereocenters. The van der Waals surface area contributed by atoms with Crippen LogP contribution in [-0.2, 0) is 9.53 Å². The van der Waals surface area contributed by atoms with Crippen molar-refractivity contribution < 1.29 is 9.53 Å². The number of pyridine rings is 1. The number of amides is 1. The molecule has 1 saturated heterocycles. The van der Waals surface area contributed by atoms with E-state index >= 15 is 0 Å². The minimum atomic E-state index is -0.415. The monoisotopic (exact) mass is 193 g/mol. The van der Waals surface area contributed by atoms with E-state index in [2.05, 4.69) is 10.3 Å². The summed E-state index contributed by atoms with van der Waals surface area (Å²) in [7, 11) is 0. The summed E-state index contributed by atoms with van der Waals surface area (Å²) in [6, 6.07) is 5.11. The zero-order valence-electron chi connectivity index (χ0n) is 7.51. The topological polar surface area (TPSA) is 77.2 Å². The lowest BCUT2D eigenvalue weighted by atomic mass is 10.3. The number of hydrogen-bond acceptors (Lipinski definition) is 4. The van der Waals surface area contributed by atoms with Gasteiger partial charge in [-0.25, -0.2) is 0 Å². The smallest absolute Gasteiger partial charge is 0.237 e. The van der Waals surface area contributed by atoms with Crippen molar-refractivity contribution in [2.45, 2.75) is 12.3 Å². The zero-order chi connectivity index (χ0) is 9.97. The molecular weight excluding hydrogens is 182 g/mol. The zero-order valence-corrected chi connectivity index (χ0v) is 7.51. The molecule has 1 aromatic rings. The Morgan fingerprint density at radius 1 is 1.64 bits per heavy atom. The second kappa shape index (κ2) is 3.73. The normalized spacial score (nSPS) is 26.3. The Morgan fingerprint density at radius 3 is 3.07 bits per heavy atom. The highest BCUT2D eigenvalue weighted by Crippen LogP contribution is 2.17. The molecule has 1 fully saturated rings. The van der Waals surface area contributed by atoms with Crippen molar-refractivity contribution in [2.75, 3.05) is 6.61 Å². The van der Waals surface area contributed by atoms with Crippen molar-refractivity contribution >= 4 is 5.91 Å². The third-order valence-corrected chi connectivity index (χ3v) is 2.08. The number of nitrogens with one attached hydrogen (secondary N) is 1. The Labute approximate surface area is 81.3 Å². The summed E-state index contributed by atoms with van der Waals surface area (Å²) in [5, 5.41) is 2.95. The number of ether oxygens (including phenoxy) is 1. The average Bonchev–Trinajstić information content (AvgIpc) is 2.68. The molecule has 14 heavy (non-hydrogen) atoms. The van der Waals surface area contributed by atoms with Crippen LogP contribution >= 0.6 is 0 Å². The fraction of sp³-hybridized carbons (Fsp3) is 0.333. The number of hydrogen-bond donors (Lipinski definition) is 2. The van der Waals surface area contributed by atoms with Gasteiger partial charge in [0.1, 0.15) is 6.04 Å². The summed E-state index contributed by atoms with van der Waals surface area (Å²) < 4.78 is 5.34. The standard InChI is InChI=1S/C9H11N3O2/c10-8(13)7-5-14-9(12-7)6-3-1-2-4-11-6/h1-4,7,9,12H,5H2,(H2,10,13). The number of aromatic nitrogens is 1. The van der Waals surface area contributed by atoms with Gasteiger partial charge in [-0.15, -0.1) is 0 Å². The van der Waals surface area contributed by atoms with E-state index in [0.717, 1.165) is 5.69 Å². The number of rotatable bonds is 2. The van der Waals surface area contributed by atoms with Crippen molar-refractivity contribution in [3.8, 4) is 0 Å². The number of carbonyl (C=O) groups excluding carboxylic acids is 1. The van der Waals surface area contributed by atoms with Gasteiger partial charge in [-0.3, -0.25) is 15.1 Å². The first-order valence-corrected chi connectivity index (χ1v) is 4.35. The molecular formula is C9H11N3O2. The third-order valence-electron chi connectivity index (χ3n) is 2.08. The highest BCUT2D eigenvalue weighted by molar-refractivity contribution is 5.80. The van der Waals surface area contributed by atoms with Crippen LogP contribution in [0.5, 0.6) is 0 Å². The molecule has 2 atom stereocenters. The number of nitrogens with zero attached hydrogens (tertiary/aromatic N) is 1. The van der Waals surface area contributed by atoms with Crippen molar-refractivity contribution in [3.05, 3.63) is 30.1 Å². The van der Waals surface area contributed by atoms with Crippen LogP contribution in [0.3, 0.4) is 0 Å². The van der Waals surface area contributed by atoms with Gasteiger partial charge in [-0.2, -0.15) is 0 Å². The molecule has 0 aromatic carbocycles. The summed E-state index contributed by atoms with van der Waals surface area (Å²) in [5.74, 6) is -0.400. The Bertz CT molecular complexity index is 328. The molecule has 0 aliphatic carbocycles. The predicted molar refractivity (Wildman–Crippen MR) is 49.0 cm³/mol. The fourth-order valence-corrected chi connectivity index (χ4v) is 1.34. The van der Waals surface area contributed by atoms with E-state index in [4.69, 9.17) is 10.5 Å². The van der Waals surface area contributed by atoms with Crippen molar-refractivity contribution in [1.82, 2.24) is 10.3 Å². The maximum Gasteiger partial charge on any atom is 0.237 e. The van der Waals surface area contributed by atoms with E-state index in [9.17, 15) is 4.79 Å². The Kier molecular flexibility index (Phi) is 2.43. The maximum absolute atomic E-state index is 10.8. The van der Waals surface area contributed by atoms with Gasteiger partial charge in [0, 0.05) is 6.20 Å². The third kappa shape index (κ3) is 1.73. The quantitative estimate of drug-likeness (QED) is 0.667. The number of primary amides is 1. The summed E-state index contributed by atoms with van der Waals surface area (Å²) in [4.78, 5) is 15.0. The van der Waals surface area contributed by atoms with Crippen molar-refractivity contribution in [1.29, 1.82) is 0 Å². The first kappa shape index (κ1) is 9.11. The molecule has 3 N–H and O–H groups in total. The van der Waals surface area contributed by atoms with E-state index in [1.807, 2.05) is 18.2 Å². The molecule has 0 spiro atoms. The Balaban J connectivity index is 2.06. The van der Waals surface area contributed by atoms with Crippen LogP contribution in [0.2, 0.25) is 0 Å². The molecule has 0 saturated carbocycles. The van der Waals surface area contributed by atoms with Crippen LogP contribution in [0.15, 0.2) is 24.4 Å². The van der Waals surface area contributed by atoms with E-state index in [1.165, 1.54) is 0 Å². The minimum absolute atomic E-state index is 0.302. The van der Waals surface area contributed by atoms with Crippen LogP contribution in [0.1, 0.15) is 11.9 Å².